The Morgan fingerprint density at radius 1 is 1.20 bits per heavy atom. The van der Waals surface area contributed by atoms with Gasteiger partial charge in [-0.3, -0.25) is 9.79 Å². The molecule has 1 saturated heterocycles. The van der Waals surface area contributed by atoms with Gasteiger partial charge in [0, 0.05) is 38.6 Å². The number of hydrogen-bond acceptors (Lipinski definition) is 5. The summed E-state index contributed by atoms with van der Waals surface area (Å²) in [5, 5.41) is 6.71. The van der Waals surface area contributed by atoms with Crippen molar-refractivity contribution in [1.29, 1.82) is 0 Å². The predicted octanol–water partition coefficient (Wildman–Crippen LogP) is 1.94. The Labute approximate surface area is 178 Å². The first-order valence-corrected chi connectivity index (χ1v) is 10.6. The largest absolute Gasteiger partial charge is 0.496 e. The Balaban J connectivity index is 1.51. The average molecular weight is 417 g/mol. The molecule has 0 spiro atoms. The number of amides is 1. The lowest BCUT2D eigenvalue weighted by molar-refractivity contribution is -0.134. The number of methoxy groups -OCH3 is 2. The first-order valence-electron chi connectivity index (χ1n) is 10.6. The van der Waals surface area contributed by atoms with Crippen molar-refractivity contribution in [3.05, 3.63) is 29.3 Å². The Morgan fingerprint density at radius 3 is 2.63 bits per heavy atom. The molecule has 1 aliphatic carbocycles. The van der Waals surface area contributed by atoms with E-state index in [4.69, 9.17) is 9.47 Å². The Hall–Kier alpha value is -2.77. The van der Waals surface area contributed by atoms with Crippen molar-refractivity contribution >= 4 is 17.8 Å². The summed E-state index contributed by atoms with van der Waals surface area (Å²) in [6.07, 6.45) is 5.34. The molecule has 1 aromatic rings. The van der Waals surface area contributed by atoms with Crippen molar-refractivity contribution < 1.29 is 19.1 Å². The van der Waals surface area contributed by atoms with Crippen molar-refractivity contribution in [2.45, 2.75) is 44.7 Å². The first kappa shape index (κ1) is 21.9. The molecule has 0 aromatic heterocycles. The highest BCUT2D eigenvalue weighted by atomic mass is 16.5. The highest BCUT2D eigenvalue weighted by molar-refractivity contribution is 5.92. The number of carbonyl (C=O) groups is 2. The normalized spacial score (nSPS) is 19.6. The van der Waals surface area contributed by atoms with Gasteiger partial charge in [-0.25, -0.2) is 4.79 Å². The number of benzene rings is 1. The van der Waals surface area contributed by atoms with Crippen LogP contribution in [0.15, 0.2) is 23.2 Å². The van der Waals surface area contributed by atoms with E-state index in [1.54, 1.807) is 13.1 Å². The summed E-state index contributed by atoms with van der Waals surface area (Å²) in [5.41, 5.74) is 1.34. The summed E-state index contributed by atoms with van der Waals surface area (Å²) in [4.78, 5) is 30.7. The second-order valence-corrected chi connectivity index (χ2v) is 7.85. The standard InChI is InChI=1S/C22H32N4O4/c1-23-22(24-13-15-8-9-18(21(28)30-3)19(12-15)29-2)25-17-10-11-26(14-17)20(27)16-6-4-5-7-16/h8-9,12,16-17H,4-7,10-11,13-14H2,1-3H3,(H2,23,24,25). The van der Waals surface area contributed by atoms with E-state index in [9.17, 15) is 9.59 Å². The maximum Gasteiger partial charge on any atom is 0.341 e. The summed E-state index contributed by atoms with van der Waals surface area (Å²) in [5.74, 6) is 1.27. The lowest BCUT2D eigenvalue weighted by atomic mass is 10.1. The second kappa shape index (κ2) is 10.3. The molecule has 0 radical (unpaired) electrons. The third kappa shape index (κ3) is 5.23. The molecule has 8 nitrogen and oxygen atoms in total. The molecule has 1 atom stereocenters. The number of nitrogens with one attached hydrogen (secondary N) is 2. The SMILES string of the molecule is CN=C(NCc1ccc(C(=O)OC)c(OC)c1)NC1CCN(C(=O)C2CCCC2)C1. The molecule has 0 bridgehead atoms. The number of ether oxygens (including phenoxy) is 2. The molecule has 2 N–H and O–H groups in total. The number of guanidine groups is 1. The number of likely N-dealkylation sites (tertiary alicyclic amines) is 1. The number of aliphatic imine (C=N–C) groups is 1. The third-order valence-corrected chi connectivity index (χ3v) is 5.90. The minimum absolute atomic E-state index is 0.192. The van der Waals surface area contributed by atoms with Crippen molar-refractivity contribution in [2.24, 2.45) is 10.9 Å². The molecule has 1 heterocycles. The van der Waals surface area contributed by atoms with Gasteiger partial charge in [-0.15, -0.1) is 0 Å². The van der Waals surface area contributed by atoms with Crippen molar-refractivity contribution in [2.75, 3.05) is 34.4 Å². The summed E-state index contributed by atoms with van der Waals surface area (Å²) in [6, 6.07) is 5.55. The molecule has 1 amide bonds. The third-order valence-electron chi connectivity index (χ3n) is 5.90. The minimum Gasteiger partial charge on any atom is -0.496 e. The maximum atomic E-state index is 12.6. The van der Waals surface area contributed by atoms with Crippen LogP contribution in [-0.4, -0.2) is 63.1 Å². The summed E-state index contributed by atoms with van der Waals surface area (Å²) in [7, 11) is 4.60. The first-order chi connectivity index (χ1) is 14.5. The van der Waals surface area contributed by atoms with Crippen molar-refractivity contribution in [3.63, 3.8) is 0 Å². The number of rotatable bonds is 6. The minimum atomic E-state index is -0.429. The zero-order valence-corrected chi connectivity index (χ0v) is 18.1. The molecule has 1 aliphatic heterocycles. The van der Waals surface area contributed by atoms with Crippen LogP contribution in [-0.2, 0) is 16.1 Å². The Bertz CT molecular complexity index is 789. The monoisotopic (exact) mass is 416 g/mol. The zero-order valence-electron chi connectivity index (χ0n) is 18.1. The average Bonchev–Trinajstić information content (AvgIpc) is 3.47. The van der Waals surface area contributed by atoms with Crippen LogP contribution in [0.5, 0.6) is 5.75 Å². The van der Waals surface area contributed by atoms with E-state index in [2.05, 4.69) is 15.6 Å². The molecule has 2 fully saturated rings. The fraction of sp³-hybridized carbons (Fsp3) is 0.591. The van der Waals surface area contributed by atoms with Gasteiger partial charge in [0.05, 0.1) is 14.2 Å². The van der Waals surface area contributed by atoms with E-state index >= 15 is 0 Å². The van der Waals surface area contributed by atoms with E-state index in [0.29, 0.717) is 29.7 Å². The van der Waals surface area contributed by atoms with E-state index in [0.717, 1.165) is 37.9 Å². The number of hydrogen-bond donors (Lipinski definition) is 2. The molecule has 2 aliphatic rings. The van der Waals surface area contributed by atoms with Crippen LogP contribution in [0.3, 0.4) is 0 Å². The molecular weight excluding hydrogens is 384 g/mol. The van der Waals surface area contributed by atoms with E-state index < -0.39 is 5.97 Å². The van der Waals surface area contributed by atoms with Crippen LogP contribution >= 0.6 is 0 Å². The predicted molar refractivity (Wildman–Crippen MR) is 115 cm³/mol. The van der Waals surface area contributed by atoms with Crippen LogP contribution in [0.4, 0.5) is 0 Å². The smallest absolute Gasteiger partial charge is 0.341 e. The van der Waals surface area contributed by atoms with Gasteiger partial charge in [0.2, 0.25) is 5.91 Å². The topological polar surface area (TPSA) is 92.3 Å². The molecule has 8 heteroatoms. The van der Waals surface area contributed by atoms with Gasteiger partial charge >= 0.3 is 5.97 Å². The van der Waals surface area contributed by atoms with Gasteiger partial charge < -0.3 is 25.0 Å². The zero-order chi connectivity index (χ0) is 21.5. The van der Waals surface area contributed by atoms with Crippen LogP contribution in [0, 0.1) is 5.92 Å². The molecule has 1 unspecified atom stereocenters. The molecule has 30 heavy (non-hydrogen) atoms. The van der Waals surface area contributed by atoms with Gasteiger partial charge in [0.25, 0.3) is 0 Å². The van der Waals surface area contributed by atoms with Crippen molar-refractivity contribution in [1.82, 2.24) is 15.5 Å². The fourth-order valence-corrected chi connectivity index (χ4v) is 4.21. The van der Waals surface area contributed by atoms with Crippen LogP contribution in [0.25, 0.3) is 0 Å². The van der Waals surface area contributed by atoms with E-state index in [1.807, 2.05) is 17.0 Å². The summed E-state index contributed by atoms with van der Waals surface area (Å²) < 4.78 is 10.1. The highest BCUT2D eigenvalue weighted by Crippen LogP contribution is 2.28. The molecular formula is C22H32N4O4. The lowest BCUT2D eigenvalue weighted by Crippen LogP contribution is -2.45. The Kier molecular flexibility index (Phi) is 7.54. The Morgan fingerprint density at radius 2 is 1.97 bits per heavy atom. The molecule has 3 rings (SSSR count). The van der Waals surface area contributed by atoms with Crippen LogP contribution < -0.4 is 15.4 Å². The highest BCUT2D eigenvalue weighted by Gasteiger charge is 2.32. The van der Waals surface area contributed by atoms with Crippen LogP contribution in [0.1, 0.15) is 48.0 Å². The van der Waals surface area contributed by atoms with Gasteiger partial charge in [0.1, 0.15) is 11.3 Å². The van der Waals surface area contributed by atoms with Gasteiger partial charge in [-0.1, -0.05) is 18.9 Å². The lowest BCUT2D eigenvalue weighted by Gasteiger charge is -2.21. The van der Waals surface area contributed by atoms with E-state index in [-0.39, 0.29) is 12.0 Å². The molecule has 164 valence electrons. The molecule has 1 aromatic carbocycles. The summed E-state index contributed by atoms with van der Waals surface area (Å²) in [6.45, 7) is 2.04. The number of esters is 1. The van der Waals surface area contributed by atoms with Gasteiger partial charge in [0.15, 0.2) is 5.96 Å². The number of carbonyl (C=O) groups excluding carboxylic acids is 2. The maximum absolute atomic E-state index is 12.6. The fourth-order valence-electron chi connectivity index (χ4n) is 4.21. The second-order valence-electron chi connectivity index (χ2n) is 7.85. The van der Waals surface area contributed by atoms with Gasteiger partial charge in [-0.05, 0) is 37.0 Å². The van der Waals surface area contributed by atoms with E-state index in [1.165, 1.54) is 27.1 Å². The molecule has 1 saturated carbocycles. The summed E-state index contributed by atoms with van der Waals surface area (Å²) >= 11 is 0. The van der Waals surface area contributed by atoms with Crippen molar-refractivity contribution in [3.8, 4) is 5.75 Å². The quantitative estimate of drug-likeness (QED) is 0.418. The van der Waals surface area contributed by atoms with Crippen LogP contribution in [0.2, 0.25) is 0 Å². The van der Waals surface area contributed by atoms with Gasteiger partial charge in [-0.2, -0.15) is 0 Å². The number of nitrogens with zero attached hydrogens (tertiary/aromatic N) is 2.